The van der Waals surface area contributed by atoms with Crippen molar-refractivity contribution in [2.75, 3.05) is 0 Å². The molecule has 1 aromatic carbocycles. The topological polar surface area (TPSA) is 57.8 Å². The first-order valence-electron chi connectivity index (χ1n) is 8.24. The molecule has 0 unspecified atom stereocenters. The first-order valence-corrected chi connectivity index (χ1v) is 9.06. The molecule has 1 aliphatic rings. The highest BCUT2D eigenvalue weighted by Gasteiger charge is 2.21. The molecule has 2 N–H and O–H groups in total. The van der Waals surface area contributed by atoms with Gasteiger partial charge in [-0.3, -0.25) is 4.79 Å². The van der Waals surface area contributed by atoms with Gasteiger partial charge >= 0.3 is 0 Å². The van der Waals surface area contributed by atoms with Crippen molar-refractivity contribution in [2.45, 2.75) is 38.8 Å². The number of aryl methyl sites for hydroxylation is 2. The first-order chi connectivity index (χ1) is 12.0. The van der Waals surface area contributed by atoms with Crippen LogP contribution in [-0.2, 0) is 19.4 Å². The van der Waals surface area contributed by atoms with E-state index in [1.165, 1.54) is 17.0 Å². The van der Waals surface area contributed by atoms with Crippen molar-refractivity contribution in [3.8, 4) is 0 Å². The van der Waals surface area contributed by atoms with E-state index in [0.29, 0.717) is 17.9 Å². The number of hydrogen-bond acceptors (Lipinski definition) is 4. The molecule has 130 valence electrons. The summed E-state index contributed by atoms with van der Waals surface area (Å²) >= 11 is 1.59. The molecular formula is C18H17F2N3OS. The van der Waals surface area contributed by atoms with Gasteiger partial charge < -0.3 is 10.3 Å². The van der Waals surface area contributed by atoms with Gasteiger partial charge in [0.2, 0.25) is 0 Å². The van der Waals surface area contributed by atoms with E-state index in [9.17, 15) is 13.6 Å². The third-order valence-corrected chi connectivity index (χ3v) is 5.81. The third kappa shape index (κ3) is 2.98. The molecule has 1 atom stereocenters. The molecule has 4 rings (SSSR count). The van der Waals surface area contributed by atoms with Crippen LogP contribution in [0.2, 0.25) is 0 Å². The minimum Gasteiger partial charge on any atom is -0.309 e. The molecule has 0 saturated carbocycles. The van der Waals surface area contributed by atoms with E-state index < -0.39 is 11.6 Å². The van der Waals surface area contributed by atoms with Crippen molar-refractivity contribution in [3.05, 3.63) is 62.0 Å². The van der Waals surface area contributed by atoms with Gasteiger partial charge in [0.25, 0.3) is 5.56 Å². The highest BCUT2D eigenvalue weighted by atomic mass is 32.1. The van der Waals surface area contributed by atoms with E-state index in [4.69, 9.17) is 0 Å². The number of benzene rings is 1. The van der Waals surface area contributed by atoms with Crippen molar-refractivity contribution in [1.82, 2.24) is 15.3 Å². The minimum atomic E-state index is -0.601. The maximum Gasteiger partial charge on any atom is 0.259 e. The predicted octanol–water partition coefficient (Wildman–Crippen LogP) is 3.60. The van der Waals surface area contributed by atoms with Gasteiger partial charge in [0.05, 0.1) is 11.9 Å². The van der Waals surface area contributed by atoms with Gasteiger partial charge in [-0.25, -0.2) is 13.8 Å². The summed E-state index contributed by atoms with van der Waals surface area (Å²) in [6, 6.07) is 3.18. The Kier molecular flexibility index (Phi) is 4.13. The average molecular weight is 361 g/mol. The summed E-state index contributed by atoms with van der Waals surface area (Å²) in [4.78, 5) is 21.8. The molecular weight excluding hydrogens is 344 g/mol. The van der Waals surface area contributed by atoms with Crippen LogP contribution in [0, 0.1) is 11.6 Å². The van der Waals surface area contributed by atoms with Crippen LogP contribution in [0.5, 0.6) is 0 Å². The number of aromatic nitrogens is 2. The second-order valence-corrected chi connectivity index (χ2v) is 7.40. The number of H-pyrrole nitrogens is 1. The number of nitrogens with zero attached hydrogens (tertiary/aromatic N) is 1. The van der Waals surface area contributed by atoms with E-state index in [2.05, 4.69) is 15.3 Å². The van der Waals surface area contributed by atoms with Gasteiger partial charge in [0.15, 0.2) is 0 Å². The summed E-state index contributed by atoms with van der Waals surface area (Å²) < 4.78 is 26.9. The molecule has 25 heavy (non-hydrogen) atoms. The Morgan fingerprint density at radius 2 is 2.20 bits per heavy atom. The van der Waals surface area contributed by atoms with E-state index in [1.54, 1.807) is 18.3 Å². The van der Waals surface area contributed by atoms with Gasteiger partial charge in [-0.1, -0.05) is 6.07 Å². The molecule has 0 spiro atoms. The van der Waals surface area contributed by atoms with Crippen molar-refractivity contribution in [2.24, 2.45) is 0 Å². The Hall–Kier alpha value is -2.12. The Bertz CT molecular complexity index is 1010. The van der Waals surface area contributed by atoms with Gasteiger partial charge in [0.1, 0.15) is 22.3 Å². The fraction of sp³-hybridized carbons (Fsp3) is 0.333. The van der Waals surface area contributed by atoms with Gasteiger partial charge in [0, 0.05) is 22.5 Å². The number of thiophene rings is 1. The lowest BCUT2D eigenvalue weighted by atomic mass is 10.1. The highest BCUT2D eigenvalue weighted by Crippen LogP contribution is 2.34. The van der Waals surface area contributed by atoms with Gasteiger partial charge in [-0.2, -0.15) is 0 Å². The van der Waals surface area contributed by atoms with Crippen LogP contribution in [0.1, 0.15) is 41.2 Å². The number of halogens is 2. The van der Waals surface area contributed by atoms with Crippen molar-refractivity contribution >= 4 is 21.6 Å². The summed E-state index contributed by atoms with van der Waals surface area (Å²) in [6.07, 6.45) is 3.06. The molecule has 3 aromatic rings. The molecule has 2 aromatic heterocycles. The van der Waals surface area contributed by atoms with Crippen LogP contribution in [0.15, 0.2) is 23.0 Å². The molecule has 1 aliphatic carbocycles. The van der Waals surface area contributed by atoms with Crippen LogP contribution in [0.4, 0.5) is 8.78 Å². The van der Waals surface area contributed by atoms with E-state index >= 15 is 0 Å². The van der Waals surface area contributed by atoms with Crippen molar-refractivity contribution in [1.29, 1.82) is 0 Å². The summed E-state index contributed by atoms with van der Waals surface area (Å²) in [5, 5.41) is 3.85. The van der Waals surface area contributed by atoms with Crippen LogP contribution in [-0.4, -0.2) is 9.97 Å². The molecule has 4 nitrogen and oxygen atoms in total. The van der Waals surface area contributed by atoms with Crippen molar-refractivity contribution < 1.29 is 8.78 Å². The maximum atomic E-state index is 13.8. The van der Waals surface area contributed by atoms with Crippen LogP contribution < -0.4 is 10.9 Å². The second kappa shape index (κ2) is 6.31. The molecule has 0 aliphatic heterocycles. The molecule has 7 heteroatoms. The van der Waals surface area contributed by atoms with Crippen molar-refractivity contribution in [3.63, 3.8) is 0 Å². The normalized spacial score (nSPS) is 14.8. The Morgan fingerprint density at radius 1 is 1.36 bits per heavy atom. The molecule has 0 amide bonds. The number of rotatable bonds is 4. The number of fused-ring (bicyclic) bond motifs is 3. The highest BCUT2D eigenvalue weighted by molar-refractivity contribution is 7.18. The molecule has 2 heterocycles. The van der Waals surface area contributed by atoms with Crippen LogP contribution in [0.3, 0.4) is 0 Å². The van der Waals surface area contributed by atoms with Crippen LogP contribution >= 0.6 is 11.3 Å². The average Bonchev–Trinajstić information content (AvgIpc) is 3.13. The summed E-state index contributed by atoms with van der Waals surface area (Å²) in [5.74, 6) is -0.672. The lowest BCUT2D eigenvalue weighted by molar-refractivity contribution is 0.511. The lowest BCUT2D eigenvalue weighted by Gasteiger charge is -2.14. The first kappa shape index (κ1) is 16.4. The van der Waals surface area contributed by atoms with Gasteiger partial charge in [-0.05, 0) is 37.8 Å². The maximum absolute atomic E-state index is 13.8. The summed E-state index contributed by atoms with van der Waals surface area (Å²) in [6.45, 7) is 2.08. The van der Waals surface area contributed by atoms with Crippen LogP contribution in [0.25, 0.3) is 10.2 Å². The smallest absolute Gasteiger partial charge is 0.259 e. The molecule has 0 bridgehead atoms. The van der Waals surface area contributed by atoms with E-state index in [0.717, 1.165) is 41.1 Å². The SMILES string of the molecule is C[C@@H](NCc1nc2sc3c(c2c(=O)[nH]1)CCC3)c1ccc(F)cc1F. The zero-order chi connectivity index (χ0) is 17.6. The summed E-state index contributed by atoms with van der Waals surface area (Å²) in [7, 11) is 0. The predicted molar refractivity (Wildman–Crippen MR) is 93.9 cm³/mol. The summed E-state index contributed by atoms with van der Waals surface area (Å²) in [5.41, 5.74) is 1.41. The second-order valence-electron chi connectivity index (χ2n) is 6.32. The number of nitrogens with one attached hydrogen (secondary N) is 2. The number of aromatic amines is 1. The molecule has 0 fully saturated rings. The quantitative estimate of drug-likeness (QED) is 0.746. The lowest BCUT2D eigenvalue weighted by Crippen LogP contribution is -2.23. The fourth-order valence-electron chi connectivity index (χ4n) is 3.34. The molecule has 0 radical (unpaired) electrons. The van der Waals surface area contributed by atoms with E-state index in [-0.39, 0.29) is 11.6 Å². The zero-order valence-electron chi connectivity index (χ0n) is 13.7. The Labute approximate surface area is 146 Å². The third-order valence-electron chi connectivity index (χ3n) is 4.63. The minimum absolute atomic E-state index is 0.109. The fourth-order valence-corrected chi connectivity index (χ4v) is 4.62. The zero-order valence-corrected chi connectivity index (χ0v) is 14.5. The Morgan fingerprint density at radius 3 is 3.00 bits per heavy atom. The Balaban J connectivity index is 1.56. The monoisotopic (exact) mass is 361 g/mol. The largest absolute Gasteiger partial charge is 0.309 e. The number of hydrogen-bond donors (Lipinski definition) is 2. The van der Waals surface area contributed by atoms with E-state index in [1.807, 2.05) is 0 Å². The standard InChI is InChI=1S/C18H17F2N3OS/c1-9(11-6-5-10(19)7-13(11)20)21-8-15-22-17(24)16-12-3-2-4-14(12)25-18(16)23-15/h5-7,9,21H,2-4,8H2,1H3,(H,22,23,24)/t9-/m1/s1. The molecule has 0 saturated heterocycles. The van der Waals surface area contributed by atoms with Gasteiger partial charge in [-0.15, -0.1) is 11.3 Å².